The van der Waals surface area contributed by atoms with Crippen LogP contribution < -0.4 is 10.2 Å². The maximum absolute atomic E-state index is 12.5. The van der Waals surface area contributed by atoms with E-state index in [1.165, 1.54) is 19.3 Å². The number of aromatic nitrogens is 7. The van der Waals surface area contributed by atoms with Crippen LogP contribution >= 0.6 is 0 Å². The standard InChI is InChI=1S/C27H34N10O4S/c1-4-17(2)37-22-13-24(29-15-21(22)26(33-37)34-9-11-35(12-10-34)27(39)18(3)38)31-23-7-8-28-25(32-23)19-14-30-36(16-19)42(40,41)20-5-6-20/h7-8,13-18,20,38H,4-6,9-12H2,1-3H3,(H,28,29,31,32)/t17?,18-/m1/s1. The van der Waals surface area contributed by atoms with Crippen LogP contribution in [0.4, 0.5) is 17.5 Å². The monoisotopic (exact) mass is 594 g/mol. The highest BCUT2D eigenvalue weighted by Crippen LogP contribution is 2.32. The number of nitrogens with zero attached hydrogens (tertiary/aromatic N) is 9. The van der Waals surface area contributed by atoms with Crippen molar-refractivity contribution in [3.8, 4) is 11.4 Å². The molecule has 0 radical (unpaired) electrons. The van der Waals surface area contributed by atoms with E-state index in [0.29, 0.717) is 62.0 Å². The van der Waals surface area contributed by atoms with E-state index in [2.05, 4.69) is 44.1 Å². The van der Waals surface area contributed by atoms with E-state index in [-0.39, 0.29) is 17.2 Å². The number of aliphatic hydroxyl groups excluding tert-OH is 1. The third-order valence-corrected chi connectivity index (χ3v) is 9.80. The molecule has 1 amide bonds. The molecule has 42 heavy (non-hydrogen) atoms. The topological polar surface area (TPSA) is 164 Å². The highest BCUT2D eigenvalue weighted by molar-refractivity contribution is 7.90. The Morgan fingerprint density at radius 3 is 2.57 bits per heavy atom. The van der Waals surface area contributed by atoms with Gasteiger partial charge in [-0.15, -0.1) is 0 Å². The molecule has 0 spiro atoms. The Labute approximate surface area is 243 Å². The number of carbonyl (C=O) groups excluding carboxylic acids is 1. The predicted octanol–water partition coefficient (Wildman–Crippen LogP) is 2.17. The maximum atomic E-state index is 12.5. The molecular formula is C27H34N10O4S. The van der Waals surface area contributed by atoms with Crippen molar-refractivity contribution < 1.29 is 18.3 Å². The van der Waals surface area contributed by atoms with Crippen LogP contribution in [0.3, 0.4) is 0 Å². The number of nitrogens with one attached hydrogen (secondary N) is 1. The lowest BCUT2D eigenvalue weighted by atomic mass is 10.2. The second-order valence-corrected chi connectivity index (χ2v) is 12.9. The second-order valence-electron chi connectivity index (χ2n) is 10.8. The number of hydrogen-bond donors (Lipinski definition) is 2. The molecule has 4 aromatic heterocycles. The van der Waals surface area contributed by atoms with E-state index in [9.17, 15) is 18.3 Å². The zero-order valence-electron chi connectivity index (χ0n) is 23.8. The number of pyridine rings is 1. The smallest absolute Gasteiger partial charge is 0.256 e. The van der Waals surface area contributed by atoms with Gasteiger partial charge in [0.05, 0.1) is 34.1 Å². The van der Waals surface area contributed by atoms with Gasteiger partial charge >= 0.3 is 0 Å². The minimum Gasteiger partial charge on any atom is -0.384 e. The van der Waals surface area contributed by atoms with E-state index in [4.69, 9.17) is 5.10 Å². The van der Waals surface area contributed by atoms with Gasteiger partial charge < -0.3 is 20.2 Å². The molecule has 2 atom stereocenters. The van der Waals surface area contributed by atoms with E-state index >= 15 is 0 Å². The van der Waals surface area contributed by atoms with Crippen LogP contribution in [0.5, 0.6) is 0 Å². The average molecular weight is 595 g/mol. The molecule has 1 saturated carbocycles. The molecule has 1 unspecified atom stereocenters. The highest BCUT2D eigenvalue weighted by Gasteiger charge is 2.37. The summed E-state index contributed by atoms with van der Waals surface area (Å²) in [5, 5.41) is 22.5. The van der Waals surface area contributed by atoms with Crippen LogP contribution in [-0.2, 0) is 14.8 Å². The molecule has 2 aliphatic rings. The predicted molar refractivity (Wildman–Crippen MR) is 157 cm³/mol. The number of carbonyl (C=O) groups is 1. The fraction of sp³-hybridized carbons (Fsp3) is 0.481. The fourth-order valence-corrected chi connectivity index (χ4v) is 6.48. The van der Waals surface area contributed by atoms with Crippen LogP contribution in [0.15, 0.2) is 36.9 Å². The first-order valence-corrected chi connectivity index (χ1v) is 15.7. The van der Waals surface area contributed by atoms with E-state index in [1.54, 1.807) is 23.4 Å². The second kappa shape index (κ2) is 10.9. The molecule has 5 heterocycles. The molecule has 1 aliphatic carbocycles. The summed E-state index contributed by atoms with van der Waals surface area (Å²) < 4.78 is 28.1. The summed E-state index contributed by atoms with van der Waals surface area (Å²) in [7, 11) is -3.48. The quantitative estimate of drug-likeness (QED) is 0.292. The van der Waals surface area contributed by atoms with Gasteiger partial charge in [0.1, 0.15) is 17.7 Å². The first-order chi connectivity index (χ1) is 20.2. The maximum Gasteiger partial charge on any atom is 0.256 e. The number of anilines is 3. The van der Waals surface area contributed by atoms with Crippen molar-refractivity contribution in [1.82, 2.24) is 38.8 Å². The fourth-order valence-electron chi connectivity index (χ4n) is 5.01. The van der Waals surface area contributed by atoms with Gasteiger partial charge in [0.15, 0.2) is 11.6 Å². The average Bonchev–Trinajstić information content (AvgIpc) is 3.62. The van der Waals surface area contributed by atoms with Crippen molar-refractivity contribution in [3.63, 3.8) is 0 Å². The Balaban J connectivity index is 1.25. The van der Waals surface area contributed by atoms with Crippen LogP contribution in [0, 0.1) is 0 Å². The molecule has 15 heteroatoms. The minimum absolute atomic E-state index is 0.142. The lowest BCUT2D eigenvalue weighted by molar-refractivity contribution is -0.139. The molecule has 2 fully saturated rings. The molecule has 6 rings (SSSR count). The zero-order chi connectivity index (χ0) is 29.6. The summed E-state index contributed by atoms with van der Waals surface area (Å²) >= 11 is 0. The van der Waals surface area contributed by atoms with Crippen molar-refractivity contribution in [2.75, 3.05) is 36.4 Å². The van der Waals surface area contributed by atoms with Crippen molar-refractivity contribution >= 4 is 44.3 Å². The van der Waals surface area contributed by atoms with Crippen LogP contribution in [0.2, 0.25) is 0 Å². The van der Waals surface area contributed by atoms with E-state index in [1.807, 2.05) is 10.7 Å². The van der Waals surface area contributed by atoms with Gasteiger partial charge in [0.25, 0.3) is 15.9 Å². The lowest BCUT2D eigenvalue weighted by Crippen LogP contribution is -2.51. The van der Waals surface area contributed by atoms with Gasteiger partial charge in [-0.2, -0.15) is 14.3 Å². The third-order valence-electron chi connectivity index (χ3n) is 7.77. The summed E-state index contributed by atoms with van der Waals surface area (Å²) in [6.07, 6.45) is 7.48. The Bertz CT molecular complexity index is 1720. The molecule has 0 bridgehead atoms. The normalized spacial score (nSPS) is 17.4. The molecule has 1 saturated heterocycles. The summed E-state index contributed by atoms with van der Waals surface area (Å²) in [4.78, 5) is 29.6. The Morgan fingerprint density at radius 2 is 1.88 bits per heavy atom. The zero-order valence-corrected chi connectivity index (χ0v) is 24.6. The Hall–Kier alpha value is -4.11. The molecular weight excluding hydrogens is 560 g/mol. The highest BCUT2D eigenvalue weighted by atomic mass is 32.2. The summed E-state index contributed by atoms with van der Waals surface area (Å²) in [6, 6.07) is 3.79. The number of amides is 1. The molecule has 14 nitrogen and oxygen atoms in total. The number of hydrogen-bond acceptors (Lipinski definition) is 11. The van der Waals surface area contributed by atoms with Crippen molar-refractivity contribution in [3.05, 3.63) is 36.9 Å². The summed E-state index contributed by atoms with van der Waals surface area (Å²) in [5.74, 6) is 1.97. The SMILES string of the molecule is CCC(C)n1nc(N2CCN(C(=O)[C@@H](C)O)CC2)c2cnc(Nc3ccnc(-c4cnn(S(=O)(=O)C5CC5)c4)n3)cc21. The van der Waals surface area contributed by atoms with Crippen LogP contribution in [0.25, 0.3) is 22.3 Å². The van der Waals surface area contributed by atoms with E-state index < -0.39 is 16.1 Å². The molecule has 2 N–H and O–H groups in total. The first-order valence-electron chi connectivity index (χ1n) is 14.1. The number of aliphatic hydroxyl groups is 1. The number of rotatable bonds is 9. The van der Waals surface area contributed by atoms with Crippen molar-refractivity contribution in [2.45, 2.75) is 57.4 Å². The molecule has 0 aromatic carbocycles. The largest absolute Gasteiger partial charge is 0.384 e. The van der Waals surface area contributed by atoms with Gasteiger partial charge in [0, 0.05) is 50.7 Å². The van der Waals surface area contributed by atoms with Crippen molar-refractivity contribution in [2.24, 2.45) is 0 Å². The minimum atomic E-state index is -3.48. The third kappa shape index (κ3) is 5.29. The van der Waals surface area contributed by atoms with Gasteiger partial charge in [0.2, 0.25) is 0 Å². The molecule has 1 aliphatic heterocycles. The lowest BCUT2D eigenvalue weighted by Gasteiger charge is -2.35. The van der Waals surface area contributed by atoms with E-state index in [0.717, 1.165) is 27.2 Å². The van der Waals surface area contributed by atoms with Gasteiger partial charge in [-0.05, 0) is 39.2 Å². The first kappa shape index (κ1) is 28.0. The van der Waals surface area contributed by atoms with Gasteiger partial charge in [-0.1, -0.05) is 6.92 Å². The summed E-state index contributed by atoms with van der Waals surface area (Å²) in [6.45, 7) is 7.95. The van der Waals surface area contributed by atoms with Crippen LogP contribution in [-0.4, -0.2) is 95.8 Å². The molecule has 222 valence electrons. The number of fused-ring (bicyclic) bond motifs is 1. The Morgan fingerprint density at radius 1 is 1.12 bits per heavy atom. The van der Waals surface area contributed by atoms with Gasteiger partial charge in [-0.3, -0.25) is 9.48 Å². The van der Waals surface area contributed by atoms with Gasteiger partial charge in [-0.25, -0.2) is 23.4 Å². The summed E-state index contributed by atoms with van der Waals surface area (Å²) in [5.41, 5.74) is 1.42. The number of piperazine rings is 1. The Kier molecular flexibility index (Phi) is 7.30. The van der Waals surface area contributed by atoms with Crippen LogP contribution in [0.1, 0.15) is 46.1 Å². The molecule has 4 aromatic rings. The van der Waals surface area contributed by atoms with Crippen molar-refractivity contribution in [1.29, 1.82) is 0 Å².